The van der Waals surface area contributed by atoms with Crippen molar-refractivity contribution in [2.75, 3.05) is 39.0 Å². The summed E-state index contributed by atoms with van der Waals surface area (Å²) in [7, 11) is 2.18. The first-order valence-electron chi connectivity index (χ1n) is 6.49. The molecule has 1 aromatic carbocycles. The number of nitrogens with zero attached hydrogens (tertiary/aromatic N) is 2. The maximum absolute atomic E-state index is 5.80. The van der Waals surface area contributed by atoms with Crippen molar-refractivity contribution in [1.82, 2.24) is 14.8 Å². The fourth-order valence-electron chi connectivity index (χ4n) is 2.54. The van der Waals surface area contributed by atoms with Gasteiger partial charge in [-0.3, -0.25) is 4.90 Å². The molecule has 0 atom stereocenters. The summed E-state index contributed by atoms with van der Waals surface area (Å²) in [5, 5.41) is 1.21. The third-order valence-corrected chi connectivity index (χ3v) is 3.69. The molecule has 0 radical (unpaired) electrons. The van der Waals surface area contributed by atoms with Gasteiger partial charge in [0.2, 0.25) is 0 Å². The summed E-state index contributed by atoms with van der Waals surface area (Å²) < 4.78 is 0. The van der Waals surface area contributed by atoms with Crippen LogP contribution in [0, 0.1) is 0 Å². The van der Waals surface area contributed by atoms with Crippen molar-refractivity contribution >= 4 is 16.6 Å². The lowest BCUT2D eigenvalue weighted by molar-refractivity contribution is 0.147. The smallest absolute Gasteiger partial charge is 0.0457 e. The van der Waals surface area contributed by atoms with Crippen LogP contribution in [-0.4, -0.2) is 48.0 Å². The Balaban J connectivity index is 1.74. The Kier molecular flexibility index (Phi) is 2.97. The second kappa shape index (κ2) is 4.63. The number of H-pyrrole nitrogens is 1. The van der Waals surface area contributed by atoms with Gasteiger partial charge in [-0.15, -0.1) is 0 Å². The second-order valence-corrected chi connectivity index (χ2v) is 5.22. The Labute approximate surface area is 107 Å². The molecule has 1 aromatic heterocycles. The number of likely N-dealkylation sites (N-methyl/N-ethyl adjacent to an activating group) is 1. The summed E-state index contributed by atoms with van der Waals surface area (Å²) >= 11 is 0. The predicted octanol–water partition coefficient (Wildman–Crippen LogP) is 1.50. The number of hydrogen-bond donors (Lipinski definition) is 2. The second-order valence-electron chi connectivity index (χ2n) is 5.22. The van der Waals surface area contributed by atoms with E-state index in [0.29, 0.717) is 0 Å². The Bertz CT molecular complexity index is 538. The van der Waals surface area contributed by atoms with Gasteiger partial charge < -0.3 is 15.6 Å². The van der Waals surface area contributed by atoms with Gasteiger partial charge in [-0.05, 0) is 31.3 Å². The molecule has 2 heterocycles. The molecule has 0 amide bonds. The maximum atomic E-state index is 5.80. The first kappa shape index (κ1) is 11.6. The lowest BCUT2D eigenvalue weighted by Gasteiger charge is -2.31. The quantitative estimate of drug-likeness (QED) is 0.787. The van der Waals surface area contributed by atoms with Crippen LogP contribution in [0.25, 0.3) is 10.9 Å². The lowest BCUT2D eigenvalue weighted by atomic mass is 10.2. The van der Waals surface area contributed by atoms with Gasteiger partial charge in [0.15, 0.2) is 0 Å². The van der Waals surface area contributed by atoms with Crippen LogP contribution >= 0.6 is 0 Å². The van der Waals surface area contributed by atoms with E-state index in [9.17, 15) is 0 Å². The van der Waals surface area contributed by atoms with Crippen LogP contribution in [-0.2, 0) is 6.54 Å². The number of benzene rings is 1. The van der Waals surface area contributed by atoms with Crippen LogP contribution in [0.4, 0.5) is 5.69 Å². The van der Waals surface area contributed by atoms with Gasteiger partial charge in [-0.2, -0.15) is 0 Å². The monoisotopic (exact) mass is 244 g/mol. The topological polar surface area (TPSA) is 48.3 Å². The molecular weight excluding hydrogens is 224 g/mol. The highest BCUT2D eigenvalue weighted by Gasteiger charge is 2.14. The first-order valence-corrected chi connectivity index (χ1v) is 6.49. The van der Waals surface area contributed by atoms with E-state index >= 15 is 0 Å². The molecule has 1 aliphatic heterocycles. The molecule has 0 spiro atoms. The minimum absolute atomic E-state index is 0.827. The molecule has 3 N–H and O–H groups in total. The van der Waals surface area contributed by atoms with E-state index < -0.39 is 0 Å². The van der Waals surface area contributed by atoms with Crippen LogP contribution in [0.5, 0.6) is 0 Å². The molecule has 4 nitrogen and oxygen atoms in total. The number of rotatable bonds is 2. The fraction of sp³-hybridized carbons (Fsp3) is 0.429. The van der Waals surface area contributed by atoms with Crippen LogP contribution in [0.2, 0.25) is 0 Å². The van der Waals surface area contributed by atoms with Crippen LogP contribution < -0.4 is 5.73 Å². The van der Waals surface area contributed by atoms with Crippen LogP contribution in [0.1, 0.15) is 5.69 Å². The number of nitrogens with one attached hydrogen (secondary N) is 1. The van der Waals surface area contributed by atoms with E-state index in [2.05, 4.69) is 34.0 Å². The molecule has 1 saturated heterocycles. The molecule has 1 aliphatic rings. The summed E-state index contributed by atoms with van der Waals surface area (Å²) in [6.45, 7) is 5.62. The van der Waals surface area contributed by atoms with Crippen molar-refractivity contribution in [3.8, 4) is 0 Å². The first-order chi connectivity index (χ1) is 8.70. The molecule has 1 fully saturated rings. The number of anilines is 1. The minimum atomic E-state index is 0.827. The number of nitrogen functional groups attached to an aromatic ring is 1. The fourth-order valence-corrected chi connectivity index (χ4v) is 2.54. The van der Waals surface area contributed by atoms with Gasteiger partial charge in [0.05, 0.1) is 0 Å². The third kappa shape index (κ3) is 2.35. The highest BCUT2D eigenvalue weighted by Crippen LogP contribution is 2.19. The largest absolute Gasteiger partial charge is 0.399 e. The molecule has 3 rings (SSSR count). The van der Waals surface area contributed by atoms with Gasteiger partial charge in [-0.25, -0.2) is 0 Å². The van der Waals surface area contributed by atoms with Crippen molar-refractivity contribution < 1.29 is 0 Å². The van der Waals surface area contributed by atoms with E-state index in [4.69, 9.17) is 5.73 Å². The van der Waals surface area contributed by atoms with Gasteiger partial charge in [0.1, 0.15) is 0 Å². The molecular formula is C14H20N4. The van der Waals surface area contributed by atoms with Crippen molar-refractivity contribution in [2.45, 2.75) is 6.54 Å². The van der Waals surface area contributed by atoms with Crippen LogP contribution in [0.15, 0.2) is 24.3 Å². The Morgan fingerprint density at radius 3 is 2.72 bits per heavy atom. The molecule has 0 saturated carbocycles. The van der Waals surface area contributed by atoms with Crippen LogP contribution in [0.3, 0.4) is 0 Å². The van der Waals surface area contributed by atoms with Gasteiger partial charge in [-0.1, -0.05) is 0 Å². The molecule has 0 aliphatic carbocycles. The molecule has 18 heavy (non-hydrogen) atoms. The number of nitrogens with two attached hydrogens (primary N) is 1. The number of fused-ring (bicyclic) bond motifs is 1. The highest BCUT2D eigenvalue weighted by atomic mass is 15.2. The molecule has 2 aromatic rings. The van der Waals surface area contributed by atoms with E-state index in [1.54, 1.807) is 0 Å². The summed E-state index contributed by atoms with van der Waals surface area (Å²) in [5.41, 5.74) is 9.08. The van der Waals surface area contributed by atoms with Crippen molar-refractivity contribution in [3.05, 3.63) is 30.0 Å². The third-order valence-electron chi connectivity index (χ3n) is 3.69. The standard InChI is InChI=1S/C14H20N4/c1-17-4-6-18(7-5-17)10-13-9-11-8-12(15)2-3-14(11)16-13/h2-3,8-9,16H,4-7,10,15H2,1H3. The summed E-state index contributed by atoms with van der Waals surface area (Å²) in [6.07, 6.45) is 0. The zero-order chi connectivity index (χ0) is 12.5. The lowest BCUT2D eigenvalue weighted by Crippen LogP contribution is -2.43. The molecule has 96 valence electrons. The van der Waals surface area contributed by atoms with Gasteiger partial charge in [0.25, 0.3) is 0 Å². The number of aromatic amines is 1. The zero-order valence-electron chi connectivity index (χ0n) is 10.8. The summed E-state index contributed by atoms with van der Waals surface area (Å²) in [4.78, 5) is 8.34. The SMILES string of the molecule is CN1CCN(Cc2cc3cc(N)ccc3[nH]2)CC1. The van der Waals surface area contributed by atoms with Crippen molar-refractivity contribution in [2.24, 2.45) is 0 Å². The number of aromatic nitrogens is 1. The van der Waals surface area contributed by atoms with E-state index in [0.717, 1.165) is 38.4 Å². The van der Waals surface area contributed by atoms with Gasteiger partial charge >= 0.3 is 0 Å². The van der Waals surface area contributed by atoms with Crippen molar-refractivity contribution in [1.29, 1.82) is 0 Å². The molecule has 0 bridgehead atoms. The average molecular weight is 244 g/mol. The Morgan fingerprint density at radius 2 is 1.94 bits per heavy atom. The van der Waals surface area contributed by atoms with E-state index in [1.165, 1.54) is 16.6 Å². The summed E-state index contributed by atoms with van der Waals surface area (Å²) in [5.74, 6) is 0. The van der Waals surface area contributed by atoms with E-state index in [-0.39, 0.29) is 0 Å². The van der Waals surface area contributed by atoms with Gasteiger partial charge in [0, 0.05) is 55.0 Å². The average Bonchev–Trinajstić information content (AvgIpc) is 2.73. The number of piperazine rings is 1. The Hall–Kier alpha value is -1.52. The van der Waals surface area contributed by atoms with E-state index in [1.807, 2.05) is 12.1 Å². The normalized spacial score (nSPS) is 18.5. The minimum Gasteiger partial charge on any atom is -0.399 e. The zero-order valence-corrected chi connectivity index (χ0v) is 10.8. The predicted molar refractivity (Wildman–Crippen MR) is 75.5 cm³/mol. The highest BCUT2D eigenvalue weighted by molar-refractivity contribution is 5.83. The Morgan fingerprint density at radius 1 is 1.17 bits per heavy atom. The molecule has 4 heteroatoms. The molecule has 0 unspecified atom stereocenters. The number of hydrogen-bond acceptors (Lipinski definition) is 3. The van der Waals surface area contributed by atoms with Crippen molar-refractivity contribution in [3.63, 3.8) is 0 Å². The maximum Gasteiger partial charge on any atom is 0.0457 e. The summed E-state index contributed by atoms with van der Waals surface area (Å²) in [6, 6.07) is 8.24.